The number of nitrogens with one attached hydrogen (secondary N) is 1. The standard InChI is InChI=1S/C22H17FN4O3S2/c23-16-6-2-1-5-14(16)11-18-21(29)27(22(30)32-18)10-9-25-19(28)12-15-13-31-20(26-15)17-7-3-4-8-24-17/h1-8,11,13H,9-10,12H2,(H,25,28)/b18-11-. The Morgan fingerprint density at radius 1 is 1.16 bits per heavy atom. The van der Waals surface area contributed by atoms with Crippen LogP contribution in [0.2, 0.25) is 0 Å². The Bertz CT molecular complexity index is 1200. The predicted molar refractivity (Wildman–Crippen MR) is 121 cm³/mol. The van der Waals surface area contributed by atoms with E-state index in [0.717, 1.165) is 27.4 Å². The number of thiazole rings is 1. The molecule has 1 fully saturated rings. The summed E-state index contributed by atoms with van der Waals surface area (Å²) in [5.74, 6) is -1.24. The molecule has 10 heteroatoms. The summed E-state index contributed by atoms with van der Waals surface area (Å²) in [4.78, 5) is 46.8. The third-order valence-corrected chi connectivity index (χ3v) is 6.32. The Balaban J connectivity index is 1.29. The molecule has 2 aromatic heterocycles. The van der Waals surface area contributed by atoms with Gasteiger partial charge in [0.2, 0.25) is 5.91 Å². The highest BCUT2D eigenvalue weighted by atomic mass is 32.2. The molecule has 7 nitrogen and oxygen atoms in total. The molecule has 1 N–H and O–H groups in total. The van der Waals surface area contributed by atoms with Crippen LogP contribution >= 0.6 is 23.1 Å². The third kappa shape index (κ3) is 5.09. The number of halogens is 1. The van der Waals surface area contributed by atoms with Crippen molar-refractivity contribution in [3.05, 3.63) is 76.0 Å². The molecule has 0 atom stereocenters. The minimum absolute atomic E-state index is 0.0290. The maximum atomic E-state index is 13.8. The normalized spacial score (nSPS) is 14.9. The number of carbonyl (C=O) groups excluding carboxylic acids is 3. The topological polar surface area (TPSA) is 92.3 Å². The van der Waals surface area contributed by atoms with E-state index in [1.54, 1.807) is 23.7 Å². The van der Waals surface area contributed by atoms with Crippen LogP contribution in [0.15, 0.2) is 58.9 Å². The van der Waals surface area contributed by atoms with Crippen molar-refractivity contribution in [3.63, 3.8) is 0 Å². The summed E-state index contributed by atoms with van der Waals surface area (Å²) < 4.78 is 13.8. The number of nitrogens with zero attached hydrogens (tertiary/aromatic N) is 3. The maximum absolute atomic E-state index is 13.8. The summed E-state index contributed by atoms with van der Waals surface area (Å²) in [6, 6.07) is 11.5. The van der Waals surface area contributed by atoms with E-state index in [9.17, 15) is 18.8 Å². The number of benzene rings is 1. The second kappa shape index (κ2) is 9.84. The number of rotatable bonds is 7. The minimum Gasteiger partial charge on any atom is -0.354 e. The second-order valence-corrected chi connectivity index (χ2v) is 8.59. The molecule has 3 heterocycles. The average molecular weight is 469 g/mol. The van der Waals surface area contributed by atoms with Crippen molar-refractivity contribution < 1.29 is 18.8 Å². The fourth-order valence-electron chi connectivity index (χ4n) is 2.96. The summed E-state index contributed by atoms with van der Waals surface area (Å²) in [5.41, 5.74) is 1.60. The number of carbonyl (C=O) groups is 3. The summed E-state index contributed by atoms with van der Waals surface area (Å²) in [6.45, 7) is 0.141. The molecule has 0 radical (unpaired) electrons. The van der Waals surface area contributed by atoms with E-state index in [2.05, 4.69) is 15.3 Å². The maximum Gasteiger partial charge on any atom is 0.293 e. The first-order chi connectivity index (χ1) is 15.5. The number of thioether (sulfide) groups is 1. The highest BCUT2D eigenvalue weighted by Gasteiger charge is 2.34. The number of imide groups is 1. The lowest BCUT2D eigenvalue weighted by Crippen LogP contribution is -2.37. The first-order valence-corrected chi connectivity index (χ1v) is 11.3. The Labute approximate surface area is 191 Å². The number of aromatic nitrogens is 2. The van der Waals surface area contributed by atoms with Gasteiger partial charge in [-0.25, -0.2) is 9.37 Å². The van der Waals surface area contributed by atoms with Crippen molar-refractivity contribution in [1.82, 2.24) is 20.2 Å². The van der Waals surface area contributed by atoms with Crippen molar-refractivity contribution in [2.45, 2.75) is 6.42 Å². The second-order valence-electron chi connectivity index (χ2n) is 6.74. The van der Waals surface area contributed by atoms with Gasteiger partial charge in [0, 0.05) is 30.2 Å². The molecule has 0 aliphatic carbocycles. The van der Waals surface area contributed by atoms with Crippen molar-refractivity contribution in [1.29, 1.82) is 0 Å². The van der Waals surface area contributed by atoms with Crippen LogP contribution in [0.25, 0.3) is 16.8 Å². The van der Waals surface area contributed by atoms with Crippen molar-refractivity contribution in [2.75, 3.05) is 13.1 Å². The van der Waals surface area contributed by atoms with E-state index in [-0.39, 0.29) is 35.9 Å². The van der Waals surface area contributed by atoms with Gasteiger partial charge in [-0.1, -0.05) is 24.3 Å². The van der Waals surface area contributed by atoms with Crippen LogP contribution in [-0.4, -0.2) is 45.0 Å². The first-order valence-electron chi connectivity index (χ1n) is 9.63. The van der Waals surface area contributed by atoms with E-state index in [0.29, 0.717) is 5.69 Å². The van der Waals surface area contributed by atoms with Gasteiger partial charge in [0.05, 0.1) is 22.7 Å². The molecular formula is C22H17FN4O3S2. The lowest BCUT2D eigenvalue weighted by atomic mass is 10.2. The van der Waals surface area contributed by atoms with Crippen molar-refractivity contribution in [2.24, 2.45) is 0 Å². The fraction of sp³-hybridized carbons (Fsp3) is 0.136. The first kappa shape index (κ1) is 21.8. The molecule has 1 aliphatic heterocycles. The van der Waals surface area contributed by atoms with Crippen molar-refractivity contribution in [3.8, 4) is 10.7 Å². The molecule has 0 saturated carbocycles. The zero-order chi connectivity index (χ0) is 22.5. The van der Waals surface area contributed by atoms with Crippen LogP contribution < -0.4 is 5.32 Å². The molecule has 32 heavy (non-hydrogen) atoms. The van der Waals surface area contributed by atoms with Gasteiger partial charge in [0.15, 0.2) is 0 Å². The third-order valence-electron chi connectivity index (χ3n) is 4.50. The number of hydrogen-bond donors (Lipinski definition) is 1. The van der Waals surface area contributed by atoms with Gasteiger partial charge in [0.1, 0.15) is 10.8 Å². The molecule has 1 saturated heterocycles. The Hall–Kier alpha value is -3.37. The average Bonchev–Trinajstić information content (AvgIpc) is 3.36. The molecule has 162 valence electrons. The highest BCUT2D eigenvalue weighted by molar-refractivity contribution is 8.18. The van der Waals surface area contributed by atoms with Gasteiger partial charge in [-0.3, -0.25) is 24.3 Å². The summed E-state index contributed by atoms with van der Waals surface area (Å²) >= 11 is 2.16. The summed E-state index contributed by atoms with van der Waals surface area (Å²) in [6.07, 6.45) is 3.12. The van der Waals surface area contributed by atoms with Gasteiger partial charge in [0.25, 0.3) is 11.1 Å². The summed E-state index contributed by atoms with van der Waals surface area (Å²) in [5, 5.41) is 4.77. The number of pyridine rings is 1. The van der Waals surface area contributed by atoms with Gasteiger partial charge in [-0.2, -0.15) is 0 Å². The fourth-order valence-corrected chi connectivity index (χ4v) is 4.61. The zero-order valence-corrected chi connectivity index (χ0v) is 18.3. The lowest BCUT2D eigenvalue weighted by molar-refractivity contribution is -0.124. The largest absolute Gasteiger partial charge is 0.354 e. The van der Waals surface area contributed by atoms with Crippen LogP contribution in [0.3, 0.4) is 0 Å². The number of hydrogen-bond acceptors (Lipinski definition) is 7. The predicted octanol–water partition coefficient (Wildman–Crippen LogP) is 3.74. The molecular weight excluding hydrogens is 451 g/mol. The molecule has 0 bridgehead atoms. The highest BCUT2D eigenvalue weighted by Crippen LogP contribution is 2.32. The molecule has 1 aromatic carbocycles. The SMILES string of the molecule is O=C(Cc1csc(-c2ccccn2)n1)NCCN1C(=O)S/C(=C\c2ccccc2F)C1=O. The zero-order valence-electron chi connectivity index (χ0n) is 16.7. The molecule has 3 amide bonds. The lowest BCUT2D eigenvalue weighted by Gasteiger charge is -2.12. The van der Waals surface area contributed by atoms with Gasteiger partial charge in [-0.15, -0.1) is 11.3 Å². The minimum atomic E-state index is -0.503. The monoisotopic (exact) mass is 468 g/mol. The Kier molecular flexibility index (Phi) is 6.72. The molecule has 1 aliphatic rings. The van der Waals surface area contributed by atoms with E-state index in [4.69, 9.17) is 0 Å². The van der Waals surface area contributed by atoms with Crippen LogP contribution in [0, 0.1) is 5.82 Å². The van der Waals surface area contributed by atoms with Gasteiger partial charge < -0.3 is 5.32 Å². The molecule has 3 aromatic rings. The molecule has 0 spiro atoms. The summed E-state index contributed by atoms with van der Waals surface area (Å²) in [7, 11) is 0. The van der Waals surface area contributed by atoms with Crippen LogP contribution in [-0.2, 0) is 16.0 Å². The molecule has 0 unspecified atom stereocenters. The Morgan fingerprint density at radius 2 is 1.97 bits per heavy atom. The van der Waals surface area contributed by atoms with E-state index in [1.807, 2.05) is 18.2 Å². The van der Waals surface area contributed by atoms with Crippen LogP contribution in [0.4, 0.5) is 9.18 Å². The number of amides is 3. The van der Waals surface area contributed by atoms with Gasteiger partial charge in [-0.05, 0) is 36.0 Å². The van der Waals surface area contributed by atoms with E-state index < -0.39 is 17.0 Å². The van der Waals surface area contributed by atoms with Crippen LogP contribution in [0.5, 0.6) is 0 Å². The van der Waals surface area contributed by atoms with Crippen molar-refractivity contribution >= 4 is 46.2 Å². The quantitative estimate of drug-likeness (QED) is 0.531. The van der Waals surface area contributed by atoms with Crippen LogP contribution in [0.1, 0.15) is 11.3 Å². The van der Waals surface area contributed by atoms with E-state index in [1.165, 1.54) is 29.5 Å². The molecule has 4 rings (SSSR count). The van der Waals surface area contributed by atoms with Gasteiger partial charge >= 0.3 is 0 Å². The smallest absolute Gasteiger partial charge is 0.293 e. The Morgan fingerprint density at radius 3 is 2.75 bits per heavy atom. The van der Waals surface area contributed by atoms with E-state index >= 15 is 0 Å².